The highest BCUT2D eigenvalue weighted by Gasteiger charge is 1.97. The van der Waals surface area contributed by atoms with Crippen LogP contribution in [0.15, 0.2) is 30.3 Å². The molecule has 11 heavy (non-hydrogen) atoms. The lowest BCUT2D eigenvalue weighted by molar-refractivity contribution is 0.458. The molecule has 0 heterocycles. The van der Waals surface area contributed by atoms with Crippen LogP contribution in [0, 0.1) is 0 Å². The lowest BCUT2D eigenvalue weighted by Gasteiger charge is -2.09. The van der Waals surface area contributed by atoms with Crippen LogP contribution in [0.4, 0.5) is 0 Å². The summed E-state index contributed by atoms with van der Waals surface area (Å²) in [6, 6.07) is 10.0. The molecule has 0 aliphatic rings. The fourth-order valence-corrected chi connectivity index (χ4v) is 1.12. The number of rotatable bonds is 3. The van der Waals surface area contributed by atoms with E-state index in [0.29, 0.717) is 0 Å². The number of halogens is 2. The molecule has 0 spiro atoms. The van der Waals surface area contributed by atoms with Crippen LogP contribution in [0.1, 0.15) is 5.56 Å². The van der Waals surface area contributed by atoms with Crippen molar-refractivity contribution in [3.8, 4) is 0 Å². The number of benzene rings is 1. The Labute approximate surface area is 79.6 Å². The Kier molecular flexibility index (Phi) is 3.86. The maximum atomic E-state index is 5.33. The van der Waals surface area contributed by atoms with Gasteiger partial charge in [0.15, 0.2) is 0 Å². The smallest absolute Gasteiger partial charge is 0.0511 e. The third kappa shape index (κ3) is 3.20. The Balaban J connectivity index is 2.51. The molecule has 0 bridgehead atoms. The summed E-state index contributed by atoms with van der Waals surface area (Å²) in [4.78, 5) is 2.44. The molecular formula is C7H8BrClN2. The molecule has 0 atom stereocenters. The van der Waals surface area contributed by atoms with Gasteiger partial charge in [-0.05, 0) is 17.3 Å². The van der Waals surface area contributed by atoms with Crippen molar-refractivity contribution >= 4 is 27.9 Å². The molecular weight excluding hydrogens is 227 g/mol. The zero-order valence-corrected chi connectivity index (χ0v) is 8.14. The van der Waals surface area contributed by atoms with Gasteiger partial charge in [-0.1, -0.05) is 30.3 Å². The average Bonchev–Trinajstić information content (AvgIpc) is 2.06. The fourth-order valence-electron chi connectivity index (χ4n) is 0.774. The summed E-state index contributed by atoms with van der Waals surface area (Å²) in [5.74, 6) is 0. The first kappa shape index (κ1) is 9.00. The average molecular weight is 236 g/mol. The summed E-state index contributed by atoms with van der Waals surface area (Å²) < 4.78 is 1.61. The lowest BCUT2D eigenvalue weighted by atomic mass is 10.2. The highest BCUT2D eigenvalue weighted by atomic mass is 79.9. The first-order valence-corrected chi connectivity index (χ1v) is 4.25. The SMILES string of the molecule is ClNN(Br)Cc1ccccc1. The van der Waals surface area contributed by atoms with Crippen LogP contribution in [0.2, 0.25) is 0 Å². The highest BCUT2D eigenvalue weighted by molar-refractivity contribution is 9.07. The molecule has 0 saturated carbocycles. The molecule has 0 fully saturated rings. The largest absolute Gasteiger partial charge is 0.160 e. The van der Waals surface area contributed by atoms with Gasteiger partial charge in [0, 0.05) is 16.1 Å². The quantitative estimate of drug-likeness (QED) is 0.639. The van der Waals surface area contributed by atoms with Crippen LogP contribution < -0.4 is 4.94 Å². The van der Waals surface area contributed by atoms with Crippen LogP contribution in [0.5, 0.6) is 0 Å². The van der Waals surface area contributed by atoms with E-state index in [1.807, 2.05) is 30.3 Å². The molecule has 4 heteroatoms. The van der Waals surface area contributed by atoms with Crippen LogP contribution >= 0.6 is 27.9 Å². The summed E-state index contributed by atoms with van der Waals surface area (Å²) in [6.45, 7) is 0.727. The first-order chi connectivity index (χ1) is 5.33. The Morgan fingerprint density at radius 1 is 1.36 bits per heavy atom. The normalized spacial score (nSPS) is 10.5. The summed E-state index contributed by atoms with van der Waals surface area (Å²) in [7, 11) is 0. The van der Waals surface area contributed by atoms with Gasteiger partial charge in [-0.15, -0.1) is 0 Å². The van der Waals surface area contributed by atoms with Crippen molar-refractivity contribution in [1.29, 1.82) is 0 Å². The van der Waals surface area contributed by atoms with Crippen molar-refractivity contribution in [2.45, 2.75) is 6.54 Å². The second-order valence-electron chi connectivity index (χ2n) is 2.09. The standard InChI is InChI=1S/C7H8BrClN2/c8-11(10-9)6-7-4-2-1-3-5-7/h1-5,10H,6H2. The Morgan fingerprint density at radius 3 is 2.55 bits per heavy atom. The van der Waals surface area contributed by atoms with E-state index in [1.165, 1.54) is 5.56 Å². The van der Waals surface area contributed by atoms with Crippen LogP contribution in [-0.2, 0) is 6.54 Å². The van der Waals surface area contributed by atoms with Gasteiger partial charge in [-0.25, -0.2) is 0 Å². The molecule has 0 unspecified atom stereocenters. The molecule has 1 N–H and O–H groups in total. The topological polar surface area (TPSA) is 15.3 Å². The van der Waals surface area contributed by atoms with E-state index < -0.39 is 0 Å². The summed E-state index contributed by atoms with van der Waals surface area (Å²) in [6.07, 6.45) is 0. The number of hydrazine groups is 1. The van der Waals surface area contributed by atoms with Gasteiger partial charge < -0.3 is 0 Å². The van der Waals surface area contributed by atoms with E-state index in [2.05, 4.69) is 21.1 Å². The van der Waals surface area contributed by atoms with E-state index in [-0.39, 0.29) is 0 Å². The molecule has 0 aliphatic carbocycles. The van der Waals surface area contributed by atoms with Crippen molar-refractivity contribution < 1.29 is 0 Å². The van der Waals surface area contributed by atoms with E-state index in [4.69, 9.17) is 11.8 Å². The van der Waals surface area contributed by atoms with Crippen LogP contribution in [0.25, 0.3) is 0 Å². The van der Waals surface area contributed by atoms with Crippen LogP contribution in [-0.4, -0.2) is 4.03 Å². The Bertz CT molecular complexity index is 205. The van der Waals surface area contributed by atoms with E-state index in [1.54, 1.807) is 4.03 Å². The Morgan fingerprint density at radius 2 is 2.00 bits per heavy atom. The molecule has 0 aromatic heterocycles. The molecule has 0 radical (unpaired) electrons. The van der Waals surface area contributed by atoms with Crippen molar-refractivity contribution in [1.82, 2.24) is 8.98 Å². The summed E-state index contributed by atoms with van der Waals surface area (Å²) in [5.41, 5.74) is 1.19. The zero-order valence-electron chi connectivity index (χ0n) is 5.80. The number of hydrogen-bond acceptors (Lipinski definition) is 2. The van der Waals surface area contributed by atoms with Crippen molar-refractivity contribution in [2.75, 3.05) is 0 Å². The molecule has 0 saturated heterocycles. The monoisotopic (exact) mass is 234 g/mol. The van der Waals surface area contributed by atoms with E-state index >= 15 is 0 Å². The second-order valence-corrected chi connectivity index (χ2v) is 3.12. The van der Waals surface area contributed by atoms with E-state index in [0.717, 1.165) is 6.54 Å². The van der Waals surface area contributed by atoms with Gasteiger partial charge in [-0.2, -0.15) is 8.98 Å². The first-order valence-electron chi connectivity index (χ1n) is 3.16. The minimum atomic E-state index is 0.727. The van der Waals surface area contributed by atoms with Gasteiger partial charge in [-0.3, -0.25) is 0 Å². The molecule has 60 valence electrons. The van der Waals surface area contributed by atoms with Gasteiger partial charge in [0.05, 0.1) is 6.54 Å². The fraction of sp³-hybridized carbons (Fsp3) is 0.143. The number of nitrogens with one attached hydrogen (secondary N) is 1. The molecule has 1 aromatic carbocycles. The van der Waals surface area contributed by atoms with E-state index in [9.17, 15) is 0 Å². The summed E-state index contributed by atoms with van der Waals surface area (Å²) >= 11 is 8.53. The highest BCUT2D eigenvalue weighted by Crippen LogP contribution is 2.05. The number of hydrogen-bond donors (Lipinski definition) is 1. The van der Waals surface area contributed by atoms with Crippen molar-refractivity contribution in [3.63, 3.8) is 0 Å². The van der Waals surface area contributed by atoms with Gasteiger partial charge in [0.25, 0.3) is 0 Å². The summed E-state index contributed by atoms with van der Waals surface area (Å²) in [5, 5.41) is 0. The molecule has 2 nitrogen and oxygen atoms in total. The second kappa shape index (κ2) is 4.72. The van der Waals surface area contributed by atoms with Gasteiger partial charge in [0.1, 0.15) is 0 Å². The van der Waals surface area contributed by atoms with Crippen LogP contribution in [0.3, 0.4) is 0 Å². The maximum absolute atomic E-state index is 5.33. The third-order valence-corrected chi connectivity index (χ3v) is 2.09. The minimum Gasteiger partial charge on any atom is -0.160 e. The predicted octanol–water partition coefficient (Wildman–Crippen LogP) is 2.46. The lowest BCUT2D eigenvalue weighted by Crippen LogP contribution is -2.19. The molecule has 0 amide bonds. The Hall–Kier alpha value is -0.0900. The maximum Gasteiger partial charge on any atom is 0.0511 e. The molecule has 1 aromatic rings. The molecule has 1 rings (SSSR count). The third-order valence-electron chi connectivity index (χ3n) is 1.26. The number of nitrogens with zero attached hydrogens (tertiary/aromatic N) is 1. The van der Waals surface area contributed by atoms with Crippen molar-refractivity contribution in [2.24, 2.45) is 0 Å². The van der Waals surface area contributed by atoms with Gasteiger partial charge in [0.2, 0.25) is 0 Å². The predicted molar refractivity (Wildman–Crippen MR) is 49.9 cm³/mol. The minimum absolute atomic E-state index is 0.727. The molecule has 0 aliphatic heterocycles. The van der Waals surface area contributed by atoms with Gasteiger partial charge >= 0.3 is 0 Å². The zero-order chi connectivity index (χ0) is 8.10. The van der Waals surface area contributed by atoms with Crippen molar-refractivity contribution in [3.05, 3.63) is 35.9 Å².